The molecule has 1 aliphatic rings. The maximum absolute atomic E-state index is 9.48. The van der Waals surface area contributed by atoms with Crippen LogP contribution in [0.1, 0.15) is 26.2 Å². The number of fused-ring (bicyclic) bond motifs is 1. The van der Waals surface area contributed by atoms with Gasteiger partial charge in [0.15, 0.2) is 0 Å². The van der Waals surface area contributed by atoms with E-state index in [2.05, 4.69) is 20.9 Å². The van der Waals surface area contributed by atoms with Gasteiger partial charge in [0, 0.05) is 13.2 Å². The molecule has 1 aliphatic heterocycles. The summed E-state index contributed by atoms with van der Waals surface area (Å²) in [5, 5.41) is 12.7. The van der Waals surface area contributed by atoms with Crippen LogP contribution in [0.3, 0.4) is 0 Å². The summed E-state index contributed by atoms with van der Waals surface area (Å²) in [7, 11) is 0. The van der Waals surface area contributed by atoms with Gasteiger partial charge in [-0.15, -0.1) is 0 Å². The number of para-hydroxylation sites is 2. The van der Waals surface area contributed by atoms with E-state index >= 15 is 0 Å². The number of nitrogens with zero attached hydrogens (tertiary/aromatic N) is 2. The highest BCUT2D eigenvalue weighted by Gasteiger charge is 2.18. The molecule has 0 radical (unpaired) electrons. The summed E-state index contributed by atoms with van der Waals surface area (Å²) in [6.45, 7) is 3.93. The quantitative estimate of drug-likeness (QED) is 0.887. The maximum atomic E-state index is 9.48. The van der Waals surface area contributed by atoms with Crippen LogP contribution >= 0.6 is 0 Å². The number of aliphatic hydroxyl groups excluding tert-OH is 1. The summed E-state index contributed by atoms with van der Waals surface area (Å²) in [5.41, 5.74) is 2.08. The Hall–Kier alpha value is -1.59. The lowest BCUT2D eigenvalue weighted by Gasteiger charge is -2.24. The third kappa shape index (κ3) is 3.36. The molecule has 21 heavy (non-hydrogen) atoms. The Balaban J connectivity index is 1.87. The first-order valence-electron chi connectivity index (χ1n) is 7.73. The van der Waals surface area contributed by atoms with Crippen molar-refractivity contribution in [3.05, 3.63) is 24.3 Å². The van der Waals surface area contributed by atoms with Gasteiger partial charge in [0.1, 0.15) is 0 Å². The summed E-state index contributed by atoms with van der Waals surface area (Å²) in [5.74, 6) is 0.811. The molecule has 0 bridgehead atoms. The van der Waals surface area contributed by atoms with E-state index in [0.29, 0.717) is 6.54 Å². The van der Waals surface area contributed by atoms with Crippen molar-refractivity contribution < 1.29 is 9.84 Å². The Morgan fingerprint density at radius 1 is 1.43 bits per heavy atom. The van der Waals surface area contributed by atoms with Crippen molar-refractivity contribution in [2.45, 2.75) is 44.9 Å². The van der Waals surface area contributed by atoms with Crippen molar-refractivity contribution >= 4 is 17.0 Å². The second kappa shape index (κ2) is 6.45. The SMILES string of the molecule is C[C@H](O)CNc1nc2ccccc2n1C[C@@H]1CCCCO1. The predicted octanol–water partition coefficient (Wildman–Crippen LogP) is 2.40. The molecule has 0 aliphatic carbocycles. The fraction of sp³-hybridized carbons (Fsp3) is 0.562. The molecule has 1 aromatic carbocycles. The average molecular weight is 289 g/mol. The van der Waals surface area contributed by atoms with Gasteiger partial charge in [-0.2, -0.15) is 0 Å². The normalized spacial score (nSPS) is 20.6. The first kappa shape index (κ1) is 14.4. The largest absolute Gasteiger partial charge is 0.392 e. The van der Waals surface area contributed by atoms with Crippen LogP contribution < -0.4 is 5.32 Å². The predicted molar refractivity (Wildman–Crippen MR) is 83.5 cm³/mol. The molecule has 3 rings (SSSR count). The topological polar surface area (TPSA) is 59.3 Å². The Labute approximate surface area is 124 Å². The lowest BCUT2D eigenvalue weighted by Crippen LogP contribution is -2.26. The Morgan fingerprint density at radius 2 is 2.29 bits per heavy atom. The molecule has 1 aromatic heterocycles. The van der Waals surface area contributed by atoms with Crippen LogP contribution in [-0.4, -0.2) is 40.0 Å². The summed E-state index contributed by atoms with van der Waals surface area (Å²) in [4.78, 5) is 4.64. The van der Waals surface area contributed by atoms with Gasteiger partial charge in [-0.25, -0.2) is 4.98 Å². The number of ether oxygens (including phenoxy) is 1. The molecule has 0 unspecified atom stereocenters. The highest BCUT2D eigenvalue weighted by atomic mass is 16.5. The van der Waals surface area contributed by atoms with Gasteiger partial charge in [-0.1, -0.05) is 12.1 Å². The van der Waals surface area contributed by atoms with Crippen LogP contribution in [0.4, 0.5) is 5.95 Å². The lowest BCUT2D eigenvalue weighted by atomic mass is 10.1. The zero-order chi connectivity index (χ0) is 14.7. The van der Waals surface area contributed by atoms with Crippen molar-refractivity contribution in [2.24, 2.45) is 0 Å². The van der Waals surface area contributed by atoms with Crippen LogP contribution in [0.15, 0.2) is 24.3 Å². The van der Waals surface area contributed by atoms with Crippen molar-refractivity contribution in [1.82, 2.24) is 9.55 Å². The van der Waals surface area contributed by atoms with Crippen molar-refractivity contribution in [2.75, 3.05) is 18.5 Å². The average Bonchev–Trinajstić information content (AvgIpc) is 2.84. The highest BCUT2D eigenvalue weighted by Crippen LogP contribution is 2.23. The first-order chi connectivity index (χ1) is 10.2. The van der Waals surface area contributed by atoms with Crippen molar-refractivity contribution in [1.29, 1.82) is 0 Å². The number of rotatable bonds is 5. The minimum absolute atomic E-state index is 0.253. The van der Waals surface area contributed by atoms with Crippen LogP contribution in [0.2, 0.25) is 0 Å². The molecule has 2 N–H and O–H groups in total. The van der Waals surface area contributed by atoms with E-state index in [1.165, 1.54) is 6.42 Å². The number of benzene rings is 1. The molecule has 0 spiro atoms. The summed E-state index contributed by atoms with van der Waals surface area (Å²) in [6.07, 6.45) is 3.34. The van der Waals surface area contributed by atoms with Gasteiger partial charge in [-0.05, 0) is 38.3 Å². The second-order valence-electron chi connectivity index (χ2n) is 5.75. The summed E-state index contributed by atoms with van der Waals surface area (Å²) < 4.78 is 8.03. The van der Waals surface area contributed by atoms with Crippen LogP contribution in [0, 0.1) is 0 Å². The minimum atomic E-state index is -0.399. The van der Waals surface area contributed by atoms with Crippen molar-refractivity contribution in [3.8, 4) is 0 Å². The Morgan fingerprint density at radius 3 is 3.05 bits per heavy atom. The van der Waals surface area contributed by atoms with E-state index in [9.17, 15) is 5.11 Å². The zero-order valence-corrected chi connectivity index (χ0v) is 12.5. The third-order valence-corrected chi connectivity index (χ3v) is 3.87. The minimum Gasteiger partial charge on any atom is -0.392 e. The number of hydrogen-bond donors (Lipinski definition) is 2. The van der Waals surface area contributed by atoms with Gasteiger partial charge >= 0.3 is 0 Å². The number of nitrogens with one attached hydrogen (secondary N) is 1. The Bertz CT molecular complexity index is 588. The van der Waals surface area contributed by atoms with Gasteiger partial charge in [0.05, 0.1) is 29.8 Å². The highest BCUT2D eigenvalue weighted by molar-refractivity contribution is 5.78. The molecule has 1 fully saturated rings. The molecular formula is C16H23N3O2. The van der Waals surface area contributed by atoms with Gasteiger partial charge in [0.25, 0.3) is 0 Å². The van der Waals surface area contributed by atoms with Gasteiger partial charge in [-0.3, -0.25) is 0 Å². The number of hydrogen-bond acceptors (Lipinski definition) is 4. The molecule has 2 heterocycles. The Kier molecular flexibility index (Phi) is 4.41. The number of aliphatic hydroxyl groups is 1. The number of anilines is 1. The van der Waals surface area contributed by atoms with Crippen LogP contribution in [0.5, 0.6) is 0 Å². The lowest BCUT2D eigenvalue weighted by molar-refractivity contribution is 0.00690. The van der Waals surface area contributed by atoms with Crippen LogP contribution in [0.25, 0.3) is 11.0 Å². The van der Waals surface area contributed by atoms with Gasteiger partial charge in [0.2, 0.25) is 5.95 Å². The molecule has 5 nitrogen and oxygen atoms in total. The zero-order valence-electron chi connectivity index (χ0n) is 12.5. The number of imidazole rings is 1. The molecule has 0 amide bonds. The maximum Gasteiger partial charge on any atom is 0.204 e. The second-order valence-corrected chi connectivity index (χ2v) is 5.75. The van der Waals surface area contributed by atoms with E-state index < -0.39 is 6.10 Å². The molecule has 0 saturated carbocycles. The van der Waals surface area contributed by atoms with E-state index in [1.807, 2.05) is 18.2 Å². The smallest absolute Gasteiger partial charge is 0.204 e. The summed E-state index contributed by atoms with van der Waals surface area (Å²) in [6, 6.07) is 8.12. The fourth-order valence-corrected chi connectivity index (χ4v) is 2.79. The summed E-state index contributed by atoms with van der Waals surface area (Å²) >= 11 is 0. The molecule has 114 valence electrons. The van der Waals surface area contributed by atoms with E-state index in [4.69, 9.17) is 4.74 Å². The number of aromatic nitrogens is 2. The van der Waals surface area contributed by atoms with Crippen LogP contribution in [-0.2, 0) is 11.3 Å². The molecule has 5 heteroatoms. The van der Waals surface area contributed by atoms with E-state index in [0.717, 1.165) is 43.0 Å². The standard InChI is InChI=1S/C16H23N3O2/c1-12(20)10-17-16-18-14-7-2-3-8-15(14)19(16)11-13-6-4-5-9-21-13/h2-3,7-8,12-13,20H,4-6,9-11H2,1H3,(H,17,18)/t12-,13-/m0/s1. The van der Waals surface area contributed by atoms with E-state index in [-0.39, 0.29) is 6.10 Å². The molecule has 2 atom stereocenters. The van der Waals surface area contributed by atoms with Crippen molar-refractivity contribution in [3.63, 3.8) is 0 Å². The molecular weight excluding hydrogens is 266 g/mol. The monoisotopic (exact) mass is 289 g/mol. The van der Waals surface area contributed by atoms with E-state index in [1.54, 1.807) is 6.92 Å². The molecule has 1 saturated heterocycles. The molecule has 2 aromatic rings. The van der Waals surface area contributed by atoms with Gasteiger partial charge < -0.3 is 19.7 Å². The first-order valence-corrected chi connectivity index (χ1v) is 7.73. The third-order valence-electron chi connectivity index (χ3n) is 3.87. The fourth-order valence-electron chi connectivity index (χ4n) is 2.79.